The van der Waals surface area contributed by atoms with Gasteiger partial charge in [-0.2, -0.15) is 0 Å². The molecule has 0 radical (unpaired) electrons. The van der Waals surface area contributed by atoms with E-state index in [4.69, 9.17) is 14.9 Å². The highest BCUT2D eigenvalue weighted by molar-refractivity contribution is 5.88. The summed E-state index contributed by atoms with van der Waals surface area (Å²) >= 11 is 0. The number of aromatic nitrogens is 4. The van der Waals surface area contributed by atoms with Crippen molar-refractivity contribution in [3.63, 3.8) is 0 Å². The first-order valence-corrected chi connectivity index (χ1v) is 5.85. The second-order valence-corrected chi connectivity index (χ2v) is 3.82. The average Bonchev–Trinajstić information content (AvgIpc) is 2.97. The van der Waals surface area contributed by atoms with Crippen molar-refractivity contribution in [2.45, 2.75) is 26.9 Å². The molecule has 0 amide bonds. The van der Waals surface area contributed by atoms with Crippen molar-refractivity contribution in [2.24, 2.45) is 5.73 Å². The summed E-state index contributed by atoms with van der Waals surface area (Å²) in [6, 6.07) is 0. The van der Waals surface area contributed by atoms with Crippen LogP contribution < -0.4 is 5.73 Å². The Balaban J connectivity index is 2.27. The number of carbonyl (C=O) groups excluding carboxylic acids is 1. The van der Waals surface area contributed by atoms with Crippen LogP contribution in [-0.2, 0) is 17.8 Å². The van der Waals surface area contributed by atoms with Gasteiger partial charge in [-0.05, 0) is 13.8 Å². The third-order valence-electron chi connectivity index (χ3n) is 2.64. The maximum atomic E-state index is 11.7. The van der Waals surface area contributed by atoms with E-state index in [1.54, 1.807) is 13.8 Å². The smallest absolute Gasteiger partial charge is 0.360 e. The SMILES string of the molecule is CCOC(=O)c1nnn(Cc2ncoc2C)c1CN. The van der Waals surface area contributed by atoms with E-state index in [-0.39, 0.29) is 18.8 Å². The lowest BCUT2D eigenvalue weighted by atomic mass is 10.3. The van der Waals surface area contributed by atoms with Crippen molar-refractivity contribution in [2.75, 3.05) is 6.61 Å². The van der Waals surface area contributed by atoms with Gasteiger partial charge < -0.3 is 14.9 Å². The Morgan fingerprint density at radius 1 is 1.58 bits per heavy atom. The molecule has 0 unspecified atom stereocenters. The maximum Gasteiger partial charge on any atom is 0.360 e. The summed E-state index contributed by atoms with van der Waals surface area (Å²) in [6.45, 7) is 4.29. The Labute approximate surface area is 109 Å². The predicted octanol–water partition coefficient (Wildman–Crippen LogP) is 0.258. The van der Waals surface area contributed by atoms with Crippen molar-refractivity contribution in [3.05, 3.63) is 29.2 Å². The van der Waals surface area contributed by atoms with Crippen LogP contribution in [-0.4, -0.2) is 32.6 Å². The molecule has 0 saturated carbocycles. The Bertz CT molecular complexity index is 575. The van der Waals surface area contributed by atoms with Crippen LogP contribution in [0.3, 0.4) is 0 Å². The van der Waals surface area contributed by atoms with Gasteiger partial charge in [-0.3, -0.25) is 0 Å². The second kappa shape index (κ2) is 5.61. The summed E-state index contributed by atoms with van der Waals surface area (Å²) in [5, 5.41) is 7.73. The number of rotatable bonds is 5. The summed E-state index contributed by atoms with van der Waals surface area (Å²) in [6.07, 6.45) is 1.36. The van der Waals surface area contributed by atoms with E-state index in [0.717, 1.165) is 5.69 Å². The number of oxazole rings is 1. The van der Waals surface area contributed by atoms with Crippen LogP contribution in [0.25, 0.3) is 0 Å². The number of hydrogen-bond acceptors (Lipinski definition) is 7. The van der Waals surface area contributed by atoms with Crippen LogP contribution >= 0.6 is 0 Å². The zero-order valence-electron chi connectivity index (χ0n) is 10.8. The lowest BCUT2D eigenvalue weighted by molar-refractivity contribution is 0.0518. The molecule has 0 fully saturated rings. The minimum absolute atomic E-state index is 0.137. The van der Waals surface area contributed by atoms with Crippen LogP contribution in [0.2, 0.25) is 0 Å². The summed E-state index contributed by atoms with van der Waals surface area (Å²) in [5.74, 6) is 0.169. The van der Waals surface area contributed by atoms with Gasteiger partial charge in [-0.25, -0.2) is 14.5 Å². The normalized spacial score (nSPS) is 10.7. The number of nitrogens with zero attached hydrogens (tertiary/aromatic N) is 4. The first-order valence-electron chi connectivity index (χ1n) is 5.85. The molecule has 0 aliphatic rings. The molecule has 19 heavy (non-hydrogen) atoms. The minimum Gasteiger partial charge on any atom is -0.461 e. The minimum atomic E-state index is -0.522. The highest BCUT2D eigenvalue weighted by Crippen LogP contribution is 2.11. The van der Waals surface area contributed by atoms with Gasteiger partial charge in [-0.1, -0.05) is 5.21 Å². The van der Waals surface area contributed by atoms with Gasteiger partial charge in [0.05, 0.1) is 18.8 Å². The molecule has 8 nitrogen and oxygen atoms in total. The molecule has 0 bridgehead atoms. The molecule has 102 valence electrons. The molecule has 0 saturated heterocycles. The molecular formula is C11H15N5O3. The van der Waals surface area contributed by atoms with Gasteiger partial charge in [-0.15, -0.1) is 5.10 Å². The van der Waals surface area contributed by atoms with Crippen molar-refractivity contribution >= 4 is 5.97 Å². The summed E-state index contributed by atoms with van der Waals surface area (Å²) in [7, 11) is 0. The van der Waals surface area contributed by atoms with Crippen molar-refractivity contribution in [3.8, 4) is 0 Å². The number of aryl methyl sites for hydroxylation is 1. The van der Waals surface area contributed by atoms with E-state index in [2.05, 4.69) is 15.3 Å². The van der Waals surface area contributed by atoms with Gasteiger partial charge >= 0.3 is 5.97 Å². The lowest BCUT2D eigenvalue weighted by Gasteiger charge is -2.04. The third kappa shape index (κ3) is 2.63. The van der Waals surface area contributed by atoms with E-state index in [0.29, 0.717) is 18.0 Å². The molecule has 0 aromatic carbocycles. The number of carbonyl (C=O) groups is 1. The standard InChI is InChI=1S/C11H15N5O3/c1-3-18-11(17)10-9(4-12)16(15-14-10)5-8-7(2)19-6-13-8/h6H,3-5,12H2,1-2H3. The molecule has 2 heterocycles. The Hall–Kier alpha value is -2.22. The predicted molar refractivity (Wildman–Crippen MR) is 64.2 cm³/mol. The fraction of sp³-hybridized carbons (Fsp3) is 0.455. The van der Waals surface area contributed by atoms with E-state index < -0.39 is 5.97 Å². The van der Waals surface area contributed by atoms with Crippen molar-refractivity contribution < 1.29 is 13.9 Å². The van der Waals surface area contributed by atoms with E-state index in [9.17, 15) is 4.79 Å². The number of esters is 1. The third-order valence-corrected chi connectivity index (χ3v) is 2.64. The van der Waals surface area contributed by atoms with Crippen LogP contribution in [0.4, 0.5) is 0 Å². The molecule has 0 aliphatic heterocycles. The van der Waals surface area contributed by atoms with Gasteiger partial charge in [0.15, 0.2) is 12.1 Å². The summed E-state index contributed by atoms with van der Waals surface area (Å²) in [4.78, 5) is 15.7. The average molecular weight is 265 g/mol. The van der Waals surface area contributed by atoms with Crippen molar-refractivity contribution in [1.82, 2.24) is 20.0 Å². The largest absolute Gasteiger partial charge is 0.461 e. The fourth-order valence-electron chi connectivity index (χ4n) is 1.64. The highest BCUT2D eigenvalue weighted by Gasteiger charge is 2.20. The topological polar surface area (TPSA) is 109 Å². The summed E-state index contributed by atoms with van der Waals surface area (Å²) < 4.78 is 11.5. The Morgan fingerprint density at radius 2 is 2.37 bits per heavy atom. The first-order chi connectivity index (χ1) is 9.17. The molecular weight excluding hydrogens is 250 g/mol. The molecule has 0 spiro atoms. The van der Waals surface area contributed by atoms with Crippen molar-refractivity contribution in [1.29, 1.82) is 0 Å². The Kier molecular flexibility index (Phi) is 3.91. The van der Waals surface area contributed by atoms with Crippen LogP contribution in [0.15, 0.2) is 10.8 Å². The molecule has 0 aliphatic carbocycles. The first kappa shape index (κ1) is 13.2. The van der Waals surface area contributed by atoms with Gasteiger partial charge in [0.2, 0.25) is 0 Å². The fourth-order valence-corrected chi connectivity index (χ4v) is 1.64. The van der Waals surface area contributed by atoms with Crippen LogP contribution in [0, 0.1) is 6.92 Å². The monoisotopic (exact) mass is 265 g/mol. The number of ether oxygens (including phenoxy) is 1. The van der Waals surface area contributed by atoms with E-state index in [1.807, 2.05) is 0 Å². The molecule has 8 heteroatoms. The quantitative estimate of drug-likeness (QED) is 0.772. The lowest BCUT2D eigenvalue weighted by Crippen LogP contribution is -2.15. The van der Waals surface area contributed by atoms with Crippen LogP contribution in [0.1, 0.15) is 34.6 Å². The molecule has 2 aromatic rings. The number of hydrogen-bond donors (Lipinski definition) is 1. The zero-order chi connectivity index (χ0) is 13.8. The van der Waals surface area contributed by atoms with Gasteiger partial charge in [0.25, 0.3) is 0 Å². The maximum absolute atomic E-state index is 11.7. The second-order valence-electron chi connectivity index (χ2n) is 3.82. The van der Waals surface area contributed by atoms with E-state index >= 15 is 0 Å². The Morgan fingerprint density at radius 3 is 2.95 bits per heavy atom. The summed E-state index contributed by atoms with van der Waals surface area (Å²) in [5.41, 5.74) is 7.02. The zero-order valence-corrected chi connectivity index (χ0v) is 10.8. The molecule has 0 atom stereocenters. The van der Waals surface area contributed by atoms with Crippen LogP contribution in [0.5, 0.6) is 0 Å². The highest BCUT2D eigenvalue weighted by atomic mass is 16.5. The van der Waals surface area contributed by atoms with E-state index in [1.165, 1.54) is 11.1 Å². The van der Waals surface area contributed by atoms with Gasteiger partial charge in [0.1, 0.15) is 11.5 Å². The van der Waals surface area contributed by atoms with Gasteiger partial charge in [0, 0.05) is 6.54 Å². The number of nitrogens with two attached hydrogens (primary N) is 1. The molecule has 2 aromatic heterocycles. The molecule has 2 rings (SSSR count). The molecule has 2 N–H and O–H groups in total.